The molecular weight excluding hydrogens is 316 g/mol. The van der Waals surface area contributed by atoms with Crippen molar-refractivity contribution in [1.82, 2.24) is 9.80 Å². The summed E-state index contributed by atoms with van der Waals surface area (Å²) in [7, 11) is 0. The van der Waals surface area contributed by atoms with Gasteiger partial charge in [0, 0.05) is 30.4 Å². The van der Waals surface area contributed by atoms with Crippen LogP contribution in [0.4, 0.5) is 0 Å². The Balaban J connectivity index is 1.51. The molecule has 0 unspecified atom stereocenters. The smallest absolute Gasteiger partial charge is 0.0402 e. The number of fused-ring (bicyclic) bond motifs is 6. The molecule has 0 aromatic heterocycles. The Morgan fingerprint density at radius 2 is 1.85 bits per heavy atom. The number of hydrogen-bond donors (Lipinski definition) is 0. The van der Waals surface area contributed by atoms with Crippen LogP contribution >= 0.6 is 0 Å². The summed E-state index contributed by atoms with van der Waals surface area (Å²) in [6, 6.07) is 13.5. The molecule has 5 atom stereocenters. The van der Waals surface area contributed by atoms with Crippen LogP contribution in [0.15, 0.2) is 36.4 Å². The largest absolute Gasteiger partial charge is 0.368 e. The van der Waals surface area contributed by atoms with Gasteiger partial charge >= 0.3 is 0 Å². The second-order valence-corrected chi connectivity index (χ2v) is 9.45. The Bertz CT molecular complexity index is 664. The molecule has 0 N–H and O–H groups in total. The number of benzene rings is 1. The van der Waals surface area contributed by atoms with Gasteiger partial charge in [-0.05, 0) is 62.0 Å². The maximum absolute atomic E-state index is 2.98. The van der Waals surface area contributed by atoms with Crippen LogP contribution in [0.1, 0.15) is 57.9 Å². The van der Waals surface area contributed by atoms with Gasteiger partial charge in [-0.3, -0.25) is 4.90 Å². The third kappa shape index (κ3) is 2.64. The van der Waals surface area contributed by atoms with Crippen LogP contribution in [0.2, 0.25) is 0 Å². The van der Waals surface area contributed by atoms with Gasteiger partial charge in [-0.2, -0.15) is 0 Å². The van der Waals surface area contributed by atoms with Crippen LogP contribution in [0.25, 0.3) is 5.70 Å². The predicted molar refractivity (Wildman–Crippen MR) is 109 cm³/mol. The Labute approximate surface area is 159 Å². The van der Waals surface area contributed by atoms with Crippen LogP contribution in [0, 0.1) is 17.8 Å². The van der Waals surface area contributed by atoms with E-state index in [2.05, 4.69) is 60.1 Å². The SMILES string of the molecule is CC(C)[C@H]1[C@@H]2C[C@@H](CN3C(c4ccccc4)=CCC[C@H]23)[C@@H]2CCCCN21. The normalized spacial score (nSPS) is 37.1. The second kappa shape index (κ2) is 6.71. The number of piperidine rings is 3. The topological polar surface area (TPSA) is 6.48 Å². The van der Waals surface area contributed by atoms with Crippen molar-refractivity contribution in [2.24, 2.45) is 17.8 Å². The van der Waals surface area contributed by atoms with Crippen molar-refractivity contribution in [1.29, 1.82) is 0 Å². The van der Waals surface area contributed by atoms with E-state index in [9.17, 15) is 0 Å². The van der Waals surface area contributed by atoms with E-state index in [4.69, 9.17) is 0 Å². The molecule has 2 heteroatoms. The van der Waals surface area contributed by atoms with Crippen molar-refractivity contribution in [3.05, 3.63) is 42.0 Å². The van der Waals surface area contributed by atoms with E-state index in [0.29, 0.717) is 0 Å². The fourth-order valence-corrected chi connectivity index (χ4v) is 6.87. The molecule has 0 spiro atoms. The van der Waals surface area contributed by atoms with Gasteiger partial charge in [0.15, 0.2) is 0 Å². The zero-order valence-electron chi connectivity index (χ0n) is 16.5. The summed E-state index contributed by atoms with van der Waals surface area (Å²) < 4.78 is 0. The average Bonchev–Trinajstić information content (AvgIpc) is 2.68. The van der Waals surface area contributed by atoms with E-state index < -0.39 is 0 Å². The molecular formula is C24H34N2. The van der Waals surface area contributed by atoms with Crippen molar-refractivity contribution in [2.45, 2.75) is 70.5 Å². The van der Waals surface area contributed by atoms with E-state index in [1.54, 1.807) is 0 Å². The number of allylic oxidation sites excluding steroid dienone is 1. The molecule has 0 aliphatic carbocycles. The minimum atomic E-state index is 0.752. The summed E-state index contributed by atoms with van der Waals surface area (Å²) in [6.07, 6.45) is 10.9. The molecule has 3 fully saturated rings. The lowest BCUT2D eigenvalue weighted by atomic mass is 9.65. The molecule has 0 radical (unpaired) electrons. The van der Waals surface area contributed by atoms with Crippen molar-refractivity contribution < 1.29 is 0 Å². The highest BCUT2D eigenvalue weighted by Crippen LogP contribution is 2.49. The molecule has 1 aromatic rings. The molecule has 140 valence electrons. The summed E-state index contributed by atoms with van der Waals surface area (Å²) in [4.78, 5) is 5.82. The highest BCUT2D eigenvalue weighted by Gasteiger charge is 2.52. The highest BCUT2D eigenvalue weighted by atomic mass is 15.3. The Morgan fingerprint density at radius 3 is 2.65 bits per heavy atom. The molecule has 2 bridgehead atoms. The average molecular weight is 351 g/mol. The lowest BCUT2D eigenvalue weighted by Gasteiger charge is -2.62. The maximum atomic E-state index is 2.98. The molecule has 0 amide bonds. The van der Waals surface area contributed by atoms with Gasteiger partial charge in [-0.25, -0.2) is 0 Å². The zero-order chi connectivity index (χ0) is 17.7. The van der Waals surface area contributed by atoms with E-state index in [-0.39, 0.29) is 0 Å². The molecule has 4 aliphatic heterocycles. The minimum Gasteiger partial charge on any atom is -0.368 e. The van der Waals surface area contributed by atoms with Gasteiger partial charge < -0.3 is 4.90 Å². The van der Waals surface area contributed by atoms with Crippen LogP contribution in [-0.4, -0.2) is 41.0 Å². The number of rotatable bonds is 2. The van der Waals surface area contributed by atoms with Crippen LogP contribution in [-0.2, 0) is 0 Å². The van der Waals surface area contributed by atoms with E-state index >= 15 is 0 Å². The third-order valence-electron chi connectivity index (χ3n) is 7.72. The molecule has 4 aliphatic rings. The summed E-state index contributed by atoms with van der Waals surface area (Å²) in [5.41, 5.74) is 2.96. The molecule has 3 saturated heterocycles. The van der Waals surface area contributed by atoms with Crippen molar-refractivity contribution in [3.8, 4) is 0 Å². The lowest BCUT2D eigenvalue weighted by molar-refractivity contribution is -0.1000. The second-order valence-electron chi connectivity index (χ2n) is 9.45. The molecule has 2 nitrogen and oxygen atoms in total. The van der Waals surface area contributed by atoms with Gasteiger partial charge in [0.1, 0.15) is 0 Å². The molecule has 5 rings (SSSR count). The molecule has 1 aromatic carbocycles. The van der Waals surface area contributed by atoms with E-state index in [1.165, 1.54) is 62.9 Å². The Hall–Kier alpha value is -1.28. The van der Waals surface area contributed by atoms with E-state index in [0.717, 1.165) is 35.9 Å². The fourth-order valence-electron chi connectivity index (χ4n) is 6.87. The summed E-state index contributed by atoms with van der Waals surface area (Å²) in [6.45, 7) is 7.60. The quantitative estimate of drug-likeness (QED) is 0.739. The van der Waals surface area contributed by atoms with Gasteiger partial charge in [0.25, 0.3) is 0 Å². The first-order valence-electron chi connectivity index (χ1n) is 11.0. The van der Waals surface area contributed by atoms with Crippen LogP contribution in [0.3, 0.4) is 0 Å². The number of hydrogen-bond acceptors (Lipinski definition) is 2. The highest BCUT2D eigenvalue weighted by molar-refractivity contribution is 5.65. The molecule has 4 heterocycles. The van der Waals surface area contributed by atoms with E-state index in [1.807, 2.05) is 0 Å². The Morgan fingerprint density at radius 1 is 1.00 bits per heavy atom. The first-order chi connectivity index (χ1) is 12.7. The van der Waals surface area contributed by atoms with Crippen molar-refractivity contribution >= 4 is 5.70 Å². The molecule has 26 heavy (non-hydrogen) atoms. The zero-order valence-corrected chi connectivity index (χ0v) is 16.5. The first kappa shape index (κ1) is 16.9. The number of nitrogens with zero attached hydrogens (tertiary/aromatic N) is 2. The predicted octanol–water partition coefficient (Wildman–Crippen LogP) is 5.02. The standard InChI is InChI=1S/C24H34N2/c1-17(2)24-20-15-19(22-11-6-7-14-25(22)24)16-26-21(12-8-13-23(20)26)18-9-4-3-5-10-18/h3-5,9-10,12,17,19-20,22-24H,6-8,11,13-16H2,1-2H3/t19-,20+,22-,23+,24-/m0/s1. The van der Waals surface area contributed by atoms with Gasteiger partial charge in [-0.15, -0.1) is 0 Å². The molecule has 0 saturated carbocycles. The summed E-state index contributed by atoms with van der Waals surface area (Å²) in [5.74, 6) is 2.50. The lowest BCUT2D eigenvalue weighted by Crippen LogP contribution is -2.67. The van der Waals surface area contributed by atoms with Gasteiger partial charge in [0.2, 0.25) is 0 Å². The van der Waals surface area contributed by atoms with Crippen molar-refractivity contribution in [2.75, 3.05) is 13.1 Å². The summed E-state index contributed by atoms with van der Waals surface area (Å²) in [5, 5.41) is 0. The Kier molecular flexibility index (Phi) is 4.35. The van der Waals surface area contributed by atoms with Crippen LogP contribution in [0.5, 0.6) is 0 Å². The monoisotopic (exact) mass is 350 g/mol. The fraction of sp³-hybridized carbons (Fsp3) is 0.667. The van der Waals surface area contributed by atoms with Gasteiger partial charge in [0.05, 0.1) is 0 Å². The minimum absolute atomic E-state index is 0.752. The third-order valence-corrected chi connectivity index (χ3v) is 7.72. The van der Waals surface area contributed by atoms with Crippen LogP contribution < -0.4 is 0 Å². The van der Waals surface area contributed by atoms with Gasteiger partial charge in [-0.1, -0.05) is 56.7 Å². The van der Waals surface area contributed by atoms with Crippen molar-refractivity contribution in [3.63, 3.8) is 0 Å². The summed E-state index contributed by atoms with van der Waals surface area (Å²) >= 11 is 0. The maximum Gasteiger partial charge on any atom is 0.0402 e. The first-order valence-corrected chi connectivity index (χ1v) is 11.0.